The van der Waals surface area contributed by atoms with Crippen LogP contribution in [0, 0.1) is 6.92 Å². The van der Waals surface area contributed by atoms with Crippen LogP contribution in [0.4, 0.5) is 8.78 Å². The van der Waals surface area contributed by atoms with Crippen LogP contribution in [-0.2, 0) is 5.92 Å². The lowest BCUT2D eigenvalue weighted by atomic mass is 10.1. The number of ether oxygens (including phenoxy) is 1. The predicted octanol–water partition coefficient (Wildman–Crippen LogP) is 4.01. The van der Waals surface area contributed by atoms with E-state index >= 15 is 0 Å². The second-order valence-electron chi connectivity index (χ2n) is 7.37. The molecule has 0 aliphatic rings. The summed E-state index contributed by atoms with van der Waals surface area (Å²) in [4.78, 5) is 22.7. The normalized spacial score (nSPS) is 12.5. The summed E-state index contributed by atoms with van der Waals surface area (Å²) < 4.78 is 33.8. The van der Waals surface area contributed by atoms with E-state index in [1.165, 1.54) is 0 Å². The molecule has 0 saturated carbocycles. The Labute approximate surface area is 179 Å². The van der Waals surface area contributed by atoms with Gasteiger partial charge in [0.25, 0.3) is 11.8 Å². The Hall–Kier alpha value is -3.36. The molecule has 2 aromatic heterocycles. The fraction of sp³-hybridized carbons (Fsp3) is 0.364. The molecule has 1 aromatic carbocycles. The average molecular weight is 429 g/mol. The Morgan fingerprint density at radius 2 is 2.00 bits per heavy atom. The van der Waals surface area contributed by atoms with E-state index < -0.39 is 5.92 Å². The number of rotatable bonds is 8. The zero-order valence-corrected chi connectivity index (χ0v) is 17.9. The molecule has 3 aromatic rings. The SMILES string of the molecule is CCN(C(=O)c1cc(C)ccc1-n1cccn1)[C@@H](C)COc1ncc(C(C)(F)F)cn1. The molecule has 164 valence electrons. The summed E-state index contributed by atoms with van der Waals surface area (Å²) in [7, 11) is 0. The van der Waals surface area contributed by atoms with E-state index in [0.29, 0.717) is 17.8 Å². The molecule has 9 heteroatoms. The van der Waals surface area contributed by atoms with Crippen molar-refractivity contribution in [3.05, 3.63) is 65.7 Å². The van der Waals surface area contributed by atoms with Gasteiger partial charge in [0.1, 0.15) is 6.61 Å². The minimum absolute atomic E-state index is 0.0175. The van der Waals surface area contributed by atoms with E-state index in [-0.39, 0.29) is 30.1 Å². The van der Waals surface area contributed by atoms with Crippen LogP contribution in [0.25, 0.3) is 5.69 Å². The van der Waals surface area contributed by atoms with Crippen molar-refractivity contribution in [2.75, 3.05) is 13.2 Å². The summed E-state index contributed by atoms with van der Waals surface area (Å²) in [6.07, 6.45) is 5.52. The van der Waals surface area contributed by atoms with Crippen LogP contribution < -0.4 is 4.74 Å². The summed E-state index contributed by atoms with van der Waals surface area (Å²) in [5.41, 5.74) is 1.89. The number of halogens is 2. The van der Waals surface area contributed by atoms with E-state index in [9.17, 15) is 13.6 Å². The Morgan fingerprint density at radius 1 is 1.29 bits per heavy atom. The highest BCUT2D eigenvalue weighted by Crippen LogP contribution is 2.26. The second kappa shape index (κ2) is 9.20. The third kappa shape index (κ3) is 5.22. The minimum atomic E-state index is -3.02. The first-order valence-electron chi connectivity index (χ1n) is 9.95. The first-order valence-corrected chi connectivity index (χ1v) is 9.95. The van der Waals surface area contributed by atoms with Crippen LogP contribution in [0.2, 0.25) is 0 Å². The summed E-state index contributed by atoms with van der Waals surface area (Å²) in [5.74, 6) is -3.17. The molecule has 3 rings (SSSR count). The highest BCUT2D eigenvalue weighted by molar-refractivity contribution is 5.98. The Bertz CT molecular complexity index is 1020. The molecule has 0 unspecified atom stereocenters. The van der Waals surface area contributed by atoms with Gasteiger partial charge in [-0.15, -0.1) is 0 Å². The van der Waals surface area contributed by atoms with E-state index in [0.717, 1.165) is 24.9 Å². The number of carbonyl (C=O) groups excluding carboxylic acids is 1. The molecule has 0 radical (unpaired) electrons. The van der Waals surface area contributed by atoms with Crippen LogP contribution >= 0.6 is 0 Å². The number of benzene rings is 1. The van der Waals surface area contributed by atoms with E-state index in [2.05, 4.69) is 15.1 Å². The van der Waals surface area contributed by atoms with Crippen molar-refractivity contribution in [1.82, 2.24) is 24.6 Å². The zero-order valence-electron chi connectivity index (χ0n) is 17.9. The average Bonchev–Trinajstić information content (AvgIpc) is 3.27. The Kier molecular flexibility index (Phi) is 6.62. The van der Waals surface area contributed by atoms with Crippen molar-refractivity contribution < 1.29 is 18.3 Å². The van der Waals surface area contributed by atoms with Crippen molar-refractivity contribution in [3.8, 4) is 11.7 Å². The molecule has 0 N–H and O–H groups in total. The molecule has 7 nitrogen and oxygen atoms in total. The molecule has 1 amide bonds. The maximum atomic E-state index is 13.4. The van der Waals surface area contributed by atoms with Gasteiger partial charge in [-0.2, -0.15) is 5.10 Å². The number of carbonyl (C=O) groups is 1. The van der Waals surface area contributed by atoms with Gasteiger partial charge in [-0.05, 0) is 39.0 Å². The van der Waals surface area contributed by atoms with Gasteiger partial charge in [-0.25, -0.2) is 23.4 Å². The number of hydrogen-bond acceptors (Lipinski definition) is 5. The zero-order chi connectivity index (χ0) is 22.6. The number of amides is 1. The Morgan fingerprint density at radius 3 is 2.58 bits per heavy atom. The highest BCUT2D eigenvalue weighted by atomic mass is 19.3. The van der Waals surface area contributed by atoms with Gasteiger partial charge in [0.05, 0.1) is 22.9 Å². The fourth-order valence-electron chi connectivity index (χ4n) is 3.14. The first kappa shape index (κ1) is 22.3. The van der Waals surface area contributed by atoms with Gasteiger partial charge in [-0.1, -0.05) is 11.6 Å². The van der Waals surface area contributed by atoms with E-state index in [1.807, 2.05) is 39.0 Å². The van der Waals surface area contributed by atoms with Gasteiger partial charge < -0.3 is 9.64 Å². The number of alkyl halides is 2. The molecule has 0 aliphatic carbocycles. The molecule has 1 atom stereocenters. The van der Waals surface area contributed by atoms with Gasteiger partial charge in [-0.3, -0.25) is 4.79 Å². The maximum absolute atomic E-state index is 13.4. The van der Waals surface area contributed by atoms with Crippen LogP contribution in [-0.4, -0.2) is 49.7 Å². The quantitative estimate of drug-likeness (QED) is 0.541. The van der Waals surface area contributed by atoms with E-state index in [1.54, 1.807) is 28.0 Å². The van der Waals surface area contributed by atoms with Crippen molar-refractivity contribution >= 4 is 5.91 Å². The lowest BCUT2D eigenvalue weighted by Gasteiger charge is -2.28. The van der Waals surface area contributed by atoms with Crippen LogP contribution in [0.1, 0.15) is 42.3 Å². The number of nitrogens with zero attached hydrogens (tertiary/aromatic N) is 5. The summed E-state index contributed by atoms with van der Waals surface area (Å²) in [5, 5.41) is 4.24. The van der Waals surface area contributed by atoms with Crippen molar-refractivity contribution in [1.29, 1.82) is 0 Å². The van der Waals surface area contributed by atoms with Crippen molar-refractivity contribution in [3.63, 3.8) is 0 Å². The van der Waals surface area contributed by atoms with Crippen LogP contribution in [0.3, 0.4) is 0 Å². The van der Waals surface area contributed by atoms with E-state index in [4.69, 9.17) is 4.74 Å². The second-order valence-corrected chi connectivity index (χ2v) is 7.37. The summed E-state index contributed by atoms with van der Waals surface area (Å²) in [6.45, 7) is 7.00. The lowest BCUT2D eigenvalue weighted by molar-refractivity contribution is 0.0165. The van der Waals surface area contributed by atoms with Gasteiger partial charge in [0.2, 0.25) is 0 Å². The van der Waals surface area contributed by atoms with Crippen LogP contribution in [0.5, 0.6) is 6.01 Å². The smallest absolute Gasteiger partial charge is 0.316 e. The minimum Gasteiger partial charge on any atom is -0.461 e. The van der Waals surface area contributed by atoms with Gasteiger partial charge in [0, 0.05) is 38.3 Å². The summed E-state index contributed by atoms with van der Waals surface area (Å²) in [6, 6.07) is 7.10. The van der Waals surface area contributed by atoms with Gasteiger partial charge >= 0.3 is 6.01 Å². The molecule has 0 fully saturated rings. The molecule has 0 spiro atoms. The largest absolute Gasteiger partial charge is 0.461 e. The van der Waals surface area contributed by atoms with Crippen molar-refractivity contribution in [2.45, 2.75) is 39.7 Å². The number of aromatic nitrogens is 4. The predicted molar refractivity (Wildman–Crippen MR) is 112 cm³/mol. The molecular weight excluding hydrogens is 404 g/mol. The molecule has 0 saturated heterocycles. The number of hydrogen-bond donors (Lipinski definition) is 0. The fourth-order valence-corrected chi connectivity index (χ4v) is 3.14. The monoisotopic (exact) mass is 429 g/mol. The number of aryl methyl sites for hydroxylation is 1. The topological polar surface area (TPSA) is 73.1 Å². The summed E-state index contributed by atoms with van der Waals surface area (Å²) >= 11 is 0. The van der Waals surface area contributed by atoms with Gasteiger partial charge in [0.15, 0.2) is 0 Å². The molecule has 0 bridgehead atoms. The number of likely N-dealkylation sites (N-methyl/N-ethyl adjacent to an activating group) is 1. The maximum Gasteiger partial charge on any atom is 0.316 e. The third-order valence-corrected chi connectivity index (χ3v) is 4.86. The third-order valence-electron chi connectivity index (χ3n) is 4.86. The Balaban J connectivity index is 1.74. The standard InChI is InChI=1S/C22H25F2N5O2/c1-5-28(16(3)14-31-21-25-12-17(13-26-21)22(4,23)24)20(30)18-11-15(2)7-8-19(18)29-10-6-9-27-29/h6-13,16H,5,14H2,1-4H3/t16-/m0/s1. The van der Waals surface area contributed by atoms with Crippen molar-refractivity contribution in [2.24, 2.45) is 0 Å². The molecule has 31 heavy (non-hydrogen) atoms. The molecule has 2 heterocycles. The lowest BCUT2D eigenvalue weighted by Crippen LogP contribution is -2.42. The van der Waals surface area contributed by atoms with Crippen LogP contribution in [0.15, 0.2) is 49.1 Å². The molecule has 0 aliphatic heterocycles. The molecular formula is C22H25F2N5O2. The highest BCUT2D eigenvalue weighted by Gasteiger charge is 2.26. The first-order chi connectivity index (χ1) is 14.7.